The van der Waals surface area contributed by atoms with E-state index in [2.05, 4.69) is 15.4 Å². The number of halogens is 1. The van der Waals surface area contributed by atoms with Gasteiger partial charge in [-0.3, -0.25) is 14.5 Å². The van der Waals surface area contributed by atoms with Crippen LogP contribution in [-0.4, -0.2) is 35.3 Å². The van der Waals surface area contributed by atoms with Crippen molar-refractivity contribution < 1.29 is 17.9 Å². The van der Waals surface area contributed by atoms with E-state index in [4.69, 9.17) is 16.3 Å². The molecule has 0 unspecified atom stereocenters. The molecule has 10 heteroatoms. The number of sulfone groups is 1. The van der Waals surface area contributed by atoms with Gasteiger partial charge in [0.2, 0.25) is 5.91 Å². The molecule has 0 aliphatic carbocycles. The maximum Gasteiger partial charge on any atom is 0.228 e. The molecule has 36 heavy (non-hydrogen) atoms. The van der Waals surface area contributed by atoms with Crippen molar-refractivity contribution in [3.63, 3.8) is 0 Å². The smallest absolute Gasteiger partial charge is 0.228 e. The third-order valence-corrected chi connectivity index (χ3v) is 6.91. The van der Waals surface area contributed by atoms with Gasteiger partial charge in [0, 0.05) is 24.0 Å². The molecule has 2 aromatic heterocycles. The Balaban J connectivity index is 1.55. The van der Waals surface area contributed by atoms with E-state index in [-0.39, 0.29) is 22.8 Å². The Morgan fingerprint density at radius 2 is 1.92 bits per heavy atom. The van der Waals surface area contributed by atoms with Crippen molar-refractivity contribution in [3.05, 3.63) is 71.1 Å². The Kier molecular flexibility index (Phi) is 6.81. The number of hydrogen-bond donors (Lipinski definition) is 1. The van der Waals surface area contributed by atoms with Crippen LogP contribution in [0.5, 0.6) is 11.5 Å². The van der Waals surface area contributed by atoms with E-state index in [1.165, 1.54) is 12.1 Å². The van der Waals surface area contributed by atoms with Crippen LogP contribution in [0.4, 0.5) is 5.69 Å². The van der Waals surface area contributed by atoms with Crippen LogP contribution in [0, 0.1) is 6.92 Å². The molecular weight excluding hydrogens is 500 g/mol. The van der Waals surface area contributed by atoms with Gasteiger partial charge in [0.05, 0.1) is 39.3 Å². The minimum absolute atomic E-state index is 0.122. The average molecular weight is 527 g/mol. The normalized spacial score (nSPS) is 12.1. The molecule has 0 radical (unpaired) electrons. The zero-order valence-electron chi connectivity index (χ0n) is 20.7. The van der Waals surface area contributed by atoms with Gasteiger partial charge in [0.25, 0.3) is 0 Å². The maximum atomic E-state index is 12.6. The molecule has 2 aromatic carbocycles. The number of hydrogen-bond acceptors (Lipinski definition) is 6. The summed E-state index contributed by atoms with van der Waals surface area (Å²) >= 11 is 6.56. The fourth-order valence-corrected chi connectivity index (χ4v) is 4.68. The molecule has 0 spiro atoms. The Hall–Kier alpha value is -3.43. The highest BCUT2D eigenvalue weighted by molar-refractivity contribution is 7.90. The molecular formula is C26H27ClN4O4S. The van der Waals surface area contributed by atoms with Crippen molar-refractivity contribution in [1.29, 1.82) is 0 Å². The number of carbonyl (C=O) groups is 1. The number of ether oxygens (including phenoxy) is 1. The van der Waals surface area contributed by atoms with Crippen molar-refractivity contribution in [2.45, 2.75) is 44.6 Å². The van der Waals surface area contributed by atoms with Crippen molar-refractivity contribution in [2.24, 2.45) is 0 Å². The van der Waals surface area contributed by atoms with Crippen LogP contribution in [0.15, 0.2) is 59.9 Å². The minimum atomic E-state index is -3.40. The summed E-state index contributed by atoms with van der Waals surface area (Å²) in [7, 11) is -3.40. The summed E-state index contributed by atoms with van der Waals surface area (Å²) in [5.74, 6) is 0.655. The molecule has 8 nitrogen and oxygen atoms in total. The SMILES string of the molecule is Cc1cc(CC(=O)Nc2cnn(C(C)(C)C)c2)cc(Cl)c1Oc1ccnc2ccc(S(C)(=O)=O)cc12. The van der Waals surface area contributed by atoms with Crippen molar-refractivity contribution in [3.8, 4) is 11.5 Å². The molecule has 0 saturated heterocycles. The number of benzene rings is 2. The van der Waals surface area contributed by atoms with E-state index in [0.717, 1.165) is 17.4 Å². The Morgan fingerprint density at radius 3 is 2.56 bits per heavy atom. The number of rotatable bonds is 6. The number of carbonyl (C=O) groups excluding carboxylic acids is 1. The fraction of sp³-hybridized carbons (Fsp3) is 0.269. The number of amides is 1. The molecule has 188 valence electrons. The number of fused-ring (bicyclic) bond motifs is 1. The first-order valence-electron chi connectivity index (χ1n) is 11.2. The van der Waals surface area contributed by atoms with Gasteiger partial charge in [-0.25, -0.2) is 8.42 Å². The number of aromatic nitrogens is 3. The lowest BCUT2D eigenvalue weighted by molar-refractivity contribution is -0.115. The quantitative estimate of drug-likeness (QED) is 0.354. The predicted octanol–water partition coefficient (Wildman–Crippen LogP) is 5.53. The minimum Gasteiger partial charge on any atom is -0.455 e. The Morgan fingerprint density at radius 1 is 1.17 bits per heavy atom. The van der Waals surface area contributed by atoms with E-state index in [1.807, 2.05) is 33.8 Å². The van der Waals surface area contributed by atoms with Crippen LogP contribution in [0.3, 0.4) is 0 Å². The molecule has 1 amide bonds. The van der Waals surface area contributed by atoms with Gasteiger partial charge in [-0.15, -0.1) is 0 Å². The summed E-state index contributed by atoms with van der Waals surface area (Å²) in [5, 5.41) is 8.04. The topological polar surface area (TPSA) is 103 Å². The number of nitrogens with zero attached hydrogens (tertiary/aromatic N) is 3. The second kappa shape index (κ2) is 9.55. The fourth-order valence-electron chi connectivity index (χ4n) is 3.71. The monoisotopic (exact) mass is 526 g/mol. The van der Waals surface area contributed by atoms with Crippen LogP contribution >= 0.6 is 11.6 Å². The zero-order valence-corrected chi connectivity index (χ0v) is 22.2. The number of nitrogens with one attached hydrogen (secondary N) is 1. The van der Waals surface area contributed by atoms with Crippen LogP contribution in [0.1, 0.15) is 31.9 Å². The maximum absolute atomic E-state index is 12.6. The first kappa shape index (κ1) is 25.7. The van der Waals surface area contributed by atoms with Crippen molar-refractivity contribution in [2.75, 3.05) is 11.6 Å². The third-order valence-electron chi connectivity index (χ3n) is 5.52. The second-order valence-electron chi connectivity index (χ2n) is 9.66. The van der Waals surface area contributed by atoms with E-state index in [9.17, 15) is 13.2 Å². The largest absolute Gasteiger partial charge is 0.455 e. The van der Waals surface area contributed by atoms with Gasteiger partial charge in [-0.2, -0.15) is 5.10 Å². The van der Waals surface area contributed by atoms with Crippen molar-refractivity contribution in [1.82, 2.24) is 14.8 Å². The number of anilines is 1. The first-order chi connectivity index (χ1) is 16.8. The highest BCUT2D eigenvalue weighted by Gasteiger charge is 2.17. The molecule has 4 aromatic rings. The third kappa shape index (κ3) is 5.68. The molecule has 2 heterocycles. The average Bonchev–Trinajstić information content (AvgIpc) is 3.24. The molecule has 0 aliphatic heterocycles. The van der Waals surface area contributed by atoms with E-state index in [0.29, 0.717) is 33.1 Å². The predicted molar refractivity (Wildman–Crippen MR) is 141 cm³/mol. The molecule has 0 saturated carbocycles. The van der Waals surface area contributed by atoms with Crippen LogP contribution in [0.2, 0.25) is 5.02 Å². The molecule has 0 fully saturated rings. The second-order valence-corrected chi connectivity index (χ2v) is 12.1. The summed E-state index contributed by atoms with van der Waals surface area (Å²) in [4.78, 5) is 17.1. The van der Waals surface area contributed by atoms with Crippen molar-refractivity contribution >= 4 is 43.9 Å². The van der Waals surface area contributed by atoms with Gasteiger partial charge < -0.3 is 10.1 Å². The van der Waals surface area contributed by atoms with Crippen LogP contribution in [0.25, 0.3) is 10.9 Å². The molecule has 0 bridgehead atoms. The van der Waals surface area contributed by atoms with E-state index >= 15 is 0 Å². The Labute approximate surface area is 215 Å². The van der Waals surface area contributed by atoms with Gasteiger partial charge >= 0.3 is 0 Å². The summed E-state index contributed by atoms with van der Waals surface area (Å²) < 4.78 is 32.0. The summed E-state index contributed by atoms with van der Waals surface area (Å²) in [6.07, 6.45) is 6.27. The highest BCUT2D eigenvalue weighted by Crippen LogP contribution is 2.37. The number of aryl methyl sites for hydroxylation is 1. The first-order valence-corrected chi connectivity index (χ1v) is 13.5. The lowest BCUT2D eigenvalue weighted by Crippen LogP contribution is -2.22. The van der Waals surface area contributed by atoms with Crippen LogP contribution in [-0.2, 0) is 26.6 Å². The summed E-state index contributed by atoms with van der Waals surface area (Å²) in [6.45, 7) is 7.92. The zero-order chi connectivity index (χ0) is 26.3. The summed E-state index contributed by atoms with van der Waals surface area (Å²) in [5.41, 5.74) is 2.49. The van der Waals surface area contributed by atoms with Crippen LogP contribution < -0.4 is 10.1 Å². The molecule has 4 rings (SSSR count). The number of pyridine rings is 1. The summed E-state index contributed by atoms with van der Waals surface area (Å²) in [6, 6.07) is 9.87. The Bertz CT molecular complexity index is 1550. The highest BCUT2D eigenvalue weighted by atomic mass is 35.5. The van der Waals surface area contributed by atoms with Gasteiger partial charge in [-0.1, -0.05) is 17.7 Å². The van der Waals surface area contributed by atoms with Gasteiger partial charge in [-0.05, 0) is 69.2 Å². The standard InChI is InChI=1S/C26H27ClN4O4S/c1-16-10-17(12-24(32)30-18-14-29-31(15-18)26(2,3)4)11-21(27)25(16)35-23-8-9-28-22-7-6-19(13-20(22)23)36(5,33)34/h6-11,13-15H,12H2,1-5H3,(H,30,32). The van der Waals surface area contributed by atoms with Gasteiger partial charge in [0.1, 0.15) is 11.5 Å². The molecule has 0 atom stereocenters. The lowest BCUT2D eigenvalue weighted by Gasteiger charge is -2.18. The van der Waals surface area contributed by atoms with E-state index in [1.54, 1.807) is 41.5 Å². The molecule has 0 aliphatic rings. The van der Waals surface area contributed by atoms with Gasteiger partial charge in [0.15, 0.2) is 9.84 Å². The lowest BCUT2D eigenvalue weighted by atomic mass is 10.1. The molecule has 1 N–H and O–H groups in total. The van der Waals surface area contributed by atoms with E-state index < -0.39 is 9.84 Å².